The van der Waals surface area contributed by atoms with Crippen molar-refractivity contribution in [3.63, 3.8) is 0 Å². The minimum Gasteiger partial charge on any atom is -0.465 e. The molecule has 132 valence electrons. The molecule has 0 aromatic rings. The van der Waals surface area contributed by atoms with E-state index in [1.54, 1.807) is 6.08 Å². The van der Waals surface area contributed by atoms with Crippen LogP contribution in [0.1, 0.15) is 79.6 Å². The largest absolute Gasteiger partial charge is 0.465 e. The van der Waals surface area contributed by atoms with Crippen LogP contribution in [0.3, 0.4) is 0 Å². The number of carbonyl (C=O) groups excluding carboxylic acids is 2. The maximum atomic E-state index is 11.9. The first-order valence-corrected chi connectivity index (χ1v) is 8.47. The van der Waals surface area contributed by atoms with E-state index in [0.717, 1.165) is 31.3 Å². The van der Waals surface area contributed by atoms with E-state index >= 15 is 0 Å². The van der Waals surface area contributed by atoms with E-state index in [4.69, 9.17) is 4.74 Å². The van der Waals surface area contributed by atoms with Crippen molar-refractivity contribution in [1.82, 2.24) is 5.32 Å². The second-order valence-electron chi connectivity index (χ2n) is 5.95. The fraction of sp³-hybridized carbons (Fsp3) is 0.684. The Balaban J connectivity index is 0.00000484. The lowest BCUT2D eigenvalue weighted by Crippen LogP contribution is -2.22. The Labute approximate surface area is 141 Å². The molecule has 1 rings (SSSR count). The molecule has 0 bridgehead atoms. The Hall–Kier alpha value is -1.58. The van der Waals surface area contributed by atoms with Gasteiger partial charge < -0.3 is 4.74 Å². The first-order chi connectivity index (χ1) is 10.6. The van der Waals surface area contributed by atoms with Crippen LogP contribution in [0.25, 0.3) is 0 Å². The average Bonchev–Trinajstić information content (AvgIpc) is 2.81. The third kappa shape index (κ3) is 8.58. The molecule has 1 fully saturated rings. The molecule has 0 spiro atoms. The van der Waals surface area contributed by atoms with Gasteiger partial charge in [-0.2, -0.15) is 0 Å². The number of carbonyl (C=O) groups is 2. The van der Waals surface area contributed by atoms with Crippen LogP contribution in [-0.4, -0.2) is 17.8 Å². The van der Waals surface area contributed by atoms with E-state index in [1.807, 2.05) is 6.92 Å². The van der Waals surface area contributed by atoms with Gasteiger partial charge in [-0.15, -0.1) is 0 Å². The SMILES string of the molecule is C.CCCCCC/C(C)=C/C(=O)/C=C1\NC(=O)C(CCCC)O1. The van der Waals surface area contributed by atoms with Gasteiger partial charge in [0.15, 0.2) is 17.8 Å². The maximum absolute atomic E-state index is 11.9. The van der Waals surface area contributed by atoms with Crippen molar-refractivity contribution in [3.05, 3.63) is 23.6 Å². The summed E-state index contributed by atoms with van der Waals surface area (Å²) in [5.41, 5.74) is 1.07. The number of ketones is 1. The van der Waals surface area contributed by atoms with Crippen LogP contribution in [0.5, 0.6) is 0 Å². The summed E-state index contributed by atoms with van der Waals surface area (Å²) < 4.78 is 5.49. The molecule has 1 saturated heterocycles. The highest BCUT2D eigenvalue weighted by atomic mass is 16.5. The molecule has 1 atom stereocenters. The second kappa shape index (κ2) is 11.9. The number of ether oxygens (including phenoxy) is 1. The summed E-state index contributed by atoms with van der Waals surface area (Å²) in [6.07, 6.45) is 10.9. The minimum absolute atomic E-state index is 0. The lowest BCUT2D eigenvalue weighted by molar-refractivity contribution is -0.123. The van der Waals surface area contributed by atoms with Gasteiger partial charge in [-0.1, -0.05) is 52.5 Å². The van der Waals surface area contributed by atoms with Gasteiger partial charge in [-0.05, 0) is 38.7 Å². The number of amides is 1. The summed E-state index contributed by atoms with van der Waals surface area (Å²) in [5, 5.41) is 2.63. The molecule has 4 nitrogen and oxygen atoms in total. The Kier molecular flexibility index (Phi) is 11.1. The molecule has 0 aromatic carbocycles. The zero-order valence-electron chi connectivity index (χ0n) is 14.1. The lowest BCUT2D eigenvalue weighted by Gasteiger charge is -2.05. The molecule has 4 heteroatoms. The van der Waals surface area contributed by atoms with Gasteiger partial charge in [0, 0.05) is 6.08 Å². The molecule has 1 amide bonds. The molecular formula is C19H33NO3. The molecule has 0 saturated carbocycles. The highest BCUT2D eigenvalue weighted by Crippen LogP contribution is 2.16. The Morgan fingerprint density at radius 1 is 1.17 bits per heavy atom. The van der Waals surface area contributed by atoms with Crippen LogP contribution >= 0.6 is 0 Å². The topological polar surface area (TPSA) is 55.4 Å². The van der Waals surface area contributed by atoms with E-state index in [9.17, 15) is 9.59 Å². The summed E-state index contributed by atoms with van der Waals surface area (Å²) in [5.74, 6) is 0.0123. The van der Waals surface area contributed by atoms with Crippen molar-refractivity contribution in [1.29, 1.82) is 0 Å². The van der Waals surface area contributed by atoms with Crippen LogP contribution in [0.4, 0.5) is 0 Å². The molecule has 1 unspecified atom stereocenters. The number of hydrogen-bond acceptors (Lipinski definition) is 3. The standard InChI is InChI=1S/C18H29NO3.CH4/c1-4-6-8-9-10-14(3)12-15(20)13-17-19-18(21)16(22-17)11-7-5-2;/h12-13,16H,4-11H2,1-3H3,(H,19,21);1H4/b14-12+,17-13+;. The third-order valence-corrected chi connectivity index (χ3v) is 3.71. The highest BCUT2D eigenvalue weighted by molar-refractivity contribution is 6.00. The van der Waals surface area contributed by atoms with E-state index in [-0.39, 0.29) is 25.0 Å². The van der Waals surface area contributed by atoms with Gasteiger partial charge in [0.1, 0.15) is 0 Å². The molecule has 0 aromatic heterocycles. The van der Waals surface area contributed by atoms with E-state index in [2.05, 4.69) is 19.2 Å². The van der Waals surface area contributed by atoms with Crippen molar-refractivity contribution in [3.8, 4) is 0 Å². The van der Waals surface area contributed by atoms with Gasteiger partial charge in [-0.3, -0.25) is 14.9 Å². The van der Waals surface area contributed by atoms with E-state index in [1.165, 1.54) is 25.3 Å². The molecule has 1 N–H and O–H groups in total. The number of rotatable bonds is 10. The van der Waals surface area contributed by atoms with Crippen molar-refractivity contribution in [2.45, 2.75) is 85.7 Å². The molecule has 0 radical (unpaired) electrons. The average molecular weight is 323 g/mol. The van der Waals surface area contributed by atoms with Gasteiger partial charge >= 0.3 is 0 Å². The number of nitrogens with one attached hydrogen (secondary N) is 1. The molecule has 1 aliphatic rings. The third-order valence-electron chi connectivity index (χ3n) is 3.71. The predicted octanol–water partition coefficient (Wildman–Crippen LogP) is 4.65. The summed E-state index contributed by atoms with van der Waals surface area (Å²) in [6.45, 7) is 6.23. The van der Waals surface area contributed by atoms with Gasteiger partial charge in [0.25, 0.3) is 5.91 Å². The zero-order chi connectivity index (χ0) is 16.4. The van der Waals surface area contributed by atoms with E-state index < -0.39 is 6.10 Å². The van der Waals surface area contributed by atoms with Crippen LogP contribution < -0.4 is 5.32 Å². The number of hydrogen-bond donors (Lipinski definition) is 1. The molecule has 1 aliphatic heterocycles. The zero-order valence-corrected chi connectivity index (χ0v) is 14.1. The first-order valence-electron chi connectivity index (χ1n) is 8.47. The van der Waals surface area contributed by atoms with E-state index in [0.29, 0.717) is 6.42 Å². The fourth-order valence-electron chi connectivity index (χ4n) is 2.40. The molecule has 1 heterocycles. The van der Waals surface area contributed by atoms with Gasteiger partial charge in [-0.25, -0.2) is 0 Å². The first kappa shape index (κ1) is 21.4. The Morgan fingerprint density at radius 2 is 1.87 bits per heavy atom. The smallest absolute Gasteiger partial charge is 0.267 e. The monoisotopic (exact) mass is 323 g/mol. The summed E-state index contributed by atoms with van der Waals surface area (Å²) in [4.78, 5) is 23.6. The molecule has 0 aliphatic carbocycles. The minimum atomic E-state index is -0.446. The number of allylic oxidation sites excluding steroid dienone is 3. The van der Waals surface area contributed by atoms with Crippen molar-refractivity contribution in [2.24, 2.45) is 0 Å². The van der Waals surface area contributed by atoms with Gasteiger partial charge in [0.2, 0.25) is 0 Å². The van der Waals surface area contributed by atoms with Gasteiger partial charge in [0.05, 0.1) is 0 Å². The lowest BCUT2D eigenvalue weighted by atomic mass is 10.1. The van der Waals surface area contributed by atoms with Crippen LogP contribution in [-0.2, 0) is 14.3 Å². The fourth-order valence-corrected chi connectivity index (χ4v) is 2.40. The molecule has 23 heavy (non-hydrogen) atoms. The van der Waals surface area contributed by atoms with Crippen LogP contribution in [0.2, 0.25) is 0 Å². The number of unbranched alkanes of at least 4 members (excludes halogenated alkanes) is 4. The quantitative estimate of drug-likeness (QED) is 0.470. The predicted molar refractivity (Wildman–Crippen MR) is 94.9 cm³/mol. The summed E-state index contributed by atoms with van der Waals surface area (Å²) in [7, 11) is 0. The maximum Gasteiger partial charge on any atom is 0.267 e. The highest BCUT2D eigenvalue weighted by Gasteiger charge is 2.29. The van der Waals surface area contributed by atoms with Crippen molar-refractivity contribution in [2.75, 3.05) is 0 Å². The summed E-state index contributed by atoms with van der Waals surface area (Å²) >= 11 is 0. The molecular weight excluding hydrogens is 290 g/mol. The van der Waals surface area contributed by atoms with Crippen LogP contribution in [0, 0.1) is 0 Å². The normalized spacial score (nSPS) is 19.3. The van der Waals surface area contributed by atoms with Crippen LogP contribution in [0.15, 0.2) is 23.6 Å². The second-order valence-corrected chi connectivity index (χ2v) is 5.95. The van der Waals surface area contributed by atoms with Crippen molar-refractivity contribution >= 4 is 11.7 Å². The van der Waals surface area contributed by atoms with Crippen molar-refractivity contribution < 1.29 is 14.3 Å². The Bertz CT molecular complexity index is 438. The summed E-state index contributed by atoms with van der Waals surface area (Å²) in [6, 6.07) is 0. The Morgan fingerprint density at radius 3 is 2.52 bits per heavy atom.